The normalized spacial score (nSPS) is 15.5. The molecule has 1 aliphatic heterocycles. The second kappa shape index (κ2) is 9.51. The number of hydrogen-bond acceptors (Lipinski definition) is 5. The highest BCUT2D eigenvalue weighted by atomic mass is 16.5. The number of pyridine rings is 1. The van der Waals surface area contributed by atoms with Crippen LogP contribution in [0.5, 0.6) is 11.5 Å². The average molecular weight is 431 g/mol. The van der Waals surface area contributed by atoms with Gasteiger partial charge in [-0.2, -0.15) is 0 Å². The van der Waals surface area contributed by atoms with Crippen LogP contribution in [0.15, 0.2) is 67.0 Å². The van der Waals surface area contributed by atoms with Gasteiger partial charge in [-0.1, -0.05) is 12.1 Å². The summed E-state index contributed by atoms with van der Waals surface area (Å²) in [7, 11) is 3.11. The Morgan fingerprint density at radius 3 is 2.38 bits per heavy atom. The predicted molar refractivity (Wildman–Crippen MR) is 122 cm³/mol. The zero-order valence-corrected chi connectivity index (χ0v) is 18.1. The van der Waals surface area contributed by atoms with Crippen LogP contribution in [-0.4, -0.2) is 37.6 Å². The summed E-state index contributed by atoms with van der Waals surface area (Å²) in [5.74, 6) is 0.447. The van der Waals surface area contributed by atoms with Crippen molar-refractivity contribution in [3.05, 3.63) is 78.1 Å². The molecule has 2 aromatic carbocycles. The lowest BCUT2D eigenvalue weighted by molar-refractivity contribution is -0.122. The van der Waals surface area contributed by atoms with Crippen molar-refractivity contribution in [1.29, 1.82) is 0 Å². The van der Waals surface area contributed by atoms with Crippen LogP contribution in [0.4, 0.5) is 11.4 Å². The Kier molecular flexibility index (Phi) is 6.35. The van der Waals surface area contributed by atoms with E-state index in [0.717, 1.165) is 12.0 Å². The van der Waals surface area contributed by atoms with Gasteiger partial charge in [0.15, 0.2) is 11.5 Å². The molecule has 0 aliphatic carbocycles. The maximum atomic E-state index is 12.8. The van der Waals surface area contributed by atoms with Crippen molar-refractivity contribution in [2.45, 2.75) is 12.8 Å². The quantitative estimate of drug-likeness (QED) is 0.617. The maximum Gasteiger partial charge on any atom is 0.229 e. The van der Waals surface area contributed by atoms with Crippen LogP contribution in [-0.2, 0) is 16.0 Å². The maximum absolute atomic E-state index is 12.8. The molecule has 2 heterocycles. The monoisotopic (exact) mass is 431 g/mol. The topological polar surface area (TPSA) is 80.8 Å². The van der Waals surface area contributed by atoms with Gasteiger partial charge in [0.25, 0.3) is 0 Å². The lowest BCUT2D eigenvalue weighted by Crippen LogP contribution is -2.28. The number of hydrogen-bond donors (Lipinski definition) is 1. The summed E-state index contributed by atoms with van der Waals surface area (Å²) in [6.07, 6.45) is 4.52. The number of amides is 2. The van der Waals surface area contributed by atoms with E-state index in [9.17, 15) is 9.59 Å². The number of methoxy groups -OCH3 is 2. The highest BCUT2D eigenvalue weighted by molar-refractivity contribution is 6.03. The fourth-order valence-electron chi connectivity index (χ4n) is 3.81. The molecule has 1 aromatic heterocycles. The molecule has 4 rings (SSSR count). The third-order valence-corrected chi connectivity index (χ3v) is 5.55. The summed E-state index contributed by atoms with van der Waals surface area (Å²) in [5, 5.41) is 2.94. The second-order valence-electron chi connectivity index (χ2n) is 7.66. The van der Waals surface area contributed by atoms with Gasteiger partial charge in [0.05, 0.1) is 20.1 Å². The Balaban J connectivity index is 1.38. The van der Waals surface area contributed by atoms with E-state index in [1.54, 1.807) is 49.7 Å². The van der Waals surface area contributed by atoms with Crippen molar-refractivity contribution in [3.8, 4) is 11.5 Å². The molecule has 1 aliphatic rings. The molecule has 2 amide bonds. The smallest absolute Gasteiger partial charge is 0.229 e. The number of nitrogens with one attached hydrogen (secondary N) is 1. The average Bonchev–Trinajstić information content (AvgIpc) is 3.22. The second-order valence-corrected chi connectivity index (χ2v) is 7.66. The van der Waals surface area contributed by atoms with Gasteiger partial charge in [-0.05, 0) is 53.9 Å². The van der Waals surface area contributed by atoms with E-state index in [2.05, 4.69) is 10.3 Å². The molecule has 1 fully saturated rings. The number of nitrogens with zero attached hydrogens (tertiary/aromatic N) is 2. The molecule has 7 nitrogen and oxygen atoms in total. The molecule has 32 heavy (non-hydrogen) atoms. The molecule has 1 atom stereocenters. The molecule has 1 N–H and O–H groups in total. The molecule has 0 saturated carbocycles. The Hall–Kier alpha value is -3.87. The SMILES string of the molecule is COc1ccc(N2CC(C(=O)Nc3ccc(Cc4ccncc4)cc3)CC2=O)cc1OC. The first-order valence-electron chi connectivity index (χ1n) is 10.4. The van der Waals surface area contributed by atoms with E-state index in [-0.39, 0.29) is 18.2 Å². The highest BCUT2D eigenvalue weighted by Crippen LogP contribution is 2.34. The van der Waals surface area contributed by atoms with Gasteiger partial charge in [-0.3, -0.25) is 14.6 Å². The minimum Gasteiger partial charge on any atom is -0.493 e. The lowest BCUT2D eigenvalue weighted by Gasteiger charge is -2.18. The van der Waals surface area contributed by atoms with Gasteiger partial charge in [0, 0.05) is 42.8 Å². The summed E-state index contributed by atoms with van der Waals surface area (Å²) < 4.78 is 10.6. The van der Waals surface area contributed by atoms with Crippen LogP contribution in [0.2, 0.25) is 0 Å². The molecule has 1 unspecified atom stereocenters. The first-order chi connectivity index (χ1) is 15.6. The number of anilines is 2. The summed E-state index contributed by atoms with van der Waals surface area (Å²) in [6.45, 7) is 0.320. The zero-order valence-electron chi connectivity index (χ0n) is 18.1. The van der Waals surface area contributed by atoms with Crippen molar-refractivity contribution in [1.82, 2.24) is 4.98 Å². The number of carbonyl (C=O) groups excluding carboxylic acids is 2. The molecule has 164 valence electrons. The molecule has 3 aromatic rings. The molecule has 0 radical (unpaired) electrons. The number of carbonyl (C=O) groups is 2. The van der Waals surface area contributed by atoms with E-state index in [1.807, 2.05) is 36.4 Å². The van der Waals surface area contributed by atoms with Gasteiger partial charge in [-0.15, -0.1) is 0 Å². The van der Waals surface area contributed by atoms with Gasteiger partial charge in [0.2, 0.25) is 11.8 Å². The fourth-order valence-corrected chi connectivity index (χ4v) is 3.81. The van der Waals surface area contributed by atoms with Crippen LogP contribution in [0.1, 0.15) is 17.5 Å². The molecule has 1 saturated heterocycles. The summed E-state index contributed by atoms with van der Waals surface area (Å²) in [4.78, 5) is 31.0. The van der Waals surface area contributed by atoms with Crippen LogP contribution in [0.25, 0.3) is 0 Å². The van der Waals surface area contributed by atoms with E-state index < -0.39 is 5.92 Å². The standard InChI is InChI=1S/C25H25N3O4/c1-31-22-8-7-21(15-23(22)32-2)28-16-19(14-24(28)29)25(30)27-20-5-3-17(4-6-20)13-18-9-11-26-12-10-18/h3-12,15,19H,13-14,16H2,1-2H3,(H,27,30). The number of benzene rings is 2. The fraction of sp³-hybridized carbons (Fsp3) is 0.240. The van der Waals surface area contributed by atoms with Gasteiger partial charge in [-0.25, -0.2) is 0 Å². The third-order valence-electron chi connectivity index (χ3n) is 5.55. The van der Waals surface area contributed by atoms with Crippen LogP contribution in [0.3, 0.4) is 0 Å². The molecule has 0 spiro atoms. The van der Waals surface area contributed by atoms with Gasteiger partial charge in [0.1, 0.15) is 0 Å². The number of ether oxygens (including phenoxy) is 2. The number of rotatable bonds is 7. The summed E-state index contributed by atoms with van der Waals surface area (Å²) >= 11 is 0. The van der Waals surface area contributed by atoms with Gasteiger partial charge < -0.3 is 19.7 Å². The van der Waals surface area contributed by atoms with Crippen molar-refractivity contribution in [2.24, 2.45) is 5.92 Å². The minimum absolute atomic E-state index is 0.0925. The Morgan fingerprint density at radius 1 is 1.00 bits per heavy atom. The lowest BCUT2D eigenvalue weighted by atomic mass is 10.1. The van der Waals surface area contributed by atoms with E-state index in [1.165, 1.54) is 5.56 Å². The van der Waals surface area contributed by atoms with Crippen molar-refractivity contribution < 1.29 is 19.1 Å². The molecular formula is C25H25N3O4. The van der Waals surface area contributed by atoms with E-state index in [0.29, 0.717) is 29.4 Å². The van der Waals surface area contributed by atoms with Crippen molar-refractivity contribution >= 4 is 23.2 Å². The summed E-state index contributed by atoms with van der Waals surface area (Å²) in [6, 6.07) is 17.0. The van der Waals surface area contributed by atoms with Crippen molar-refractivity contribution in [2.75, 3.05) is 31.0 Å². The Bertz CT molecular complexity index is 1100. The van der Waals surface area contributed by atoms with Crippen molar-refractivity contribution in [3.63, 3.8) is 0 Å². The molecule has 0 bridgehead atoms. The zero-order chi connectivity index (χ0) is 22.5. The van der Waals surface area contributed by atoms with Gasteiger partial charge >= 0.3 is 0 Å². The van der Waals surface area contributed by atoms with E-state index in [4.69, 9.17) is 9.47 Å². The molecular weight excluding hydrogens is 406 g/mol. The number of aromatic nitrogens is 1. The highest BCUT2D eigenvalue weighted by Gasteiger charge is 2.35. The predicted octanol–water partition coefficient (Wildman–Crippen LogP) is 3.68. The largest absolute Gasteiger partial charge is 0.493 e. The Morgan fingerprint density at radius 2 is 1.69 bits per heavy atom. The third kappa shape index (κ3) is 4.72. The summed E-state index contributed by atoms with van der Waals surface area (Å²) in [5.41, 5.74) is 3.72. The van der Waals surface area contributed by atoms with Crippen LogP contribution >= 0.6 is 0 Å². The van der Waals surface area contributed by atoms with E-state index >= 15 is 0 Å². The Labute approximate surface area is 187 Å². The van der Waals surface area contributed by atoms with Crippen LogP contribution < -0.4 is 19.7 Å². The minimum atomic E-state index is -0.424. The van der Waals surface area contributed by atoms with Crippen LogP contribution in [0, 0.1) is 5.92 Å². The first kappa shape index (κ1) is 21.4. The molecule has 7 heteroatoms. The first-order valence-corrected chi connectivity index (χ1v) is 10.4.